The van der Waals surface area contributed by atoms with Crippen LogP contribution in [0.5, 0.6) is 11.8 Å². The summed E-state index contributed by atoms with van der Waals surface area (Å²) in [5.41, 5.74) is 1.86. The molecule has 1 aliphatic carbocycles. The second-order valence-electron chi connectivity index (χ2n) is 7.49. The summed E-state index contributed by atoms with van der Waals surface area (Å²) in [5, 5.41) is 12.1. The minimum Gasteiger partial charge on any atom is -0.478 e. The van der Waals surface area contributed by atoms with E-state index in [2.05, 4.69) is 23.8 Å². The van der Waals surface area contributed by atoms with Gasteiger partial charge in [-0.05, 0) is 43.0 Å². The summed E-state index contributed by atoms with van der Waals surface area (Å²) < 4.78 is 11.7. The van der Waals surface area contributed by atoms with Gasteiger partial charge in [0.25, 0.3) is 0 Å². The van der Waals surface area contributed by atoms with Crippen molar-refractivity contribution < 1.29 is 14.6 Å². The van der Waals surface area contributed by atoms with Crippen molar-refractivity contribution in [1.82, 2.24) is 9.97 Å². The number of fused-ring (bicyclic) bond motifs is 2. The Kier molecular flexibility index (Phi) is 4.69. The average molecular weight is 356 g/mol. The summed E-state index contributed by atoms with van der Waals surface area (Å²) in [6.07, 6.45) is 3.50. The Morgan fingerprint density at radius 3 is 1.69 bits per heavy atom. The number of ether oxygens (including phenoxy) is 2. The lowest BCUT2D eigenvalue weighted by Gasteiger charge is -2.46. The molecule has 2 aromatic rings. The number of rotatable bonds is 5. The van der Waals surface area contributed by atoms with Crippen LogP contribution in [-0.4, -0.2) is 28.3 Å². The molecule has 0 unspecified atom stereocenters. The Bertz CT molecular complexity index is 755. The zero-order chi connectivity index (χ0) is 19.1. The quantitative estimate of drug-likeness (QED) is 0.883. The molecule has 2 heterocycles. The fourth-order valence-corrected chi connectivity index (χ4v) is 4.00. The van der Waals surface area contributed by atoms with E-state index in [0.717, 1.165) is 22.3 Å². The van der Waals surface area contributed by atoms with Crippen molar-refractivity contribution in [1.29, 1.82) is 0 Å². The molecule has 1 aliphatic rings. The van der Waals surface area contributed by atoms with E-state index in [1.54, 1.807) is 12.4 Å². The first kappa shape index (κ1) is 18.6. The Labute approximate surface area is 155 Å². The van der Waals surface area contributed by atoms with Gasteiger partial charge in [0.1, 0.15) is 5.60 Å². The number of hydrogen-bond acceptors (Lipinski definition) is 5. The molecule has 2 aromatic heterocycles. The van der Waals surface area contributed by atoms with E-state index >= 15 is 0 Å². The van der Waals surface area contributed by atoms with E-state index < -0.39 is 5.60 Å². The number of aliphatic hydroxyl groups is 1. The van der Waals surface area contributed by atoms with Gasteiger partial charge in [0, 0.05) is 17.8 Å². The Morgan fingerprint density at radius 2 is 1.35 bits per heavy atom. The van der Waals surface area contributed by atoms with Crippen molar-refractivity contribution in [3.05, 3.63) is 46.8 Å². The van der Waals surface area contributed by atoms with E-state index in [1.807, 2.05) is 39.8 Å². The lowest BCUT2D eigenvalue weighted by atomic mass is 9.61. The molecule has 3 rings (SSSR count). The van der Waals surface area contributed by atoms with Gasteiger partial charge in [0.05, 0.1) is 24.3 Å². The van der Waals surface area contributed by atoms with Crippen LogP contribution in [-0.2, 0) is 11.0 Å². The maximum Gasteiger partial charge on any atom is 0.220 e. The van der Waals surface area contributed by atoms with Crippen LogP contribution in [0.15, 0.2) is 24.5 Å². The van der Waals surface area contributed by atoms with Crippen molar-refractivity contribution in [2.75, 3.05) is 13.2 Å². The first-order chi connectivity index (χ1) is 12.3. The van der Waals surface area contributed by atoms with Crippen LogP contribution in [0.25, 0.3) is 0 Å². The highest BCUT2D eigenvalue weighted by Crippen LogP contribution is 2.55. The first-order valence-electron chi connectivity index (χ1n) is 9.27. The van der Waals surface area contributed by atoms with E-state index in [9.17, 15) is 5.11 Å². The zero-order valence-corrected chi connectivity index (χ0v) is 16.5. The van der Waals surface area contributed by atoms with E-state index in [1.165, 1.54) is 0 Å². The third kappa shape index (κ3) is 2.49. The molecule has 0 aromatic carbocycles. The molecule has 0 saturated carbocycles. The van der Waals surface area contributed by atoms with Crippen molar-refractivity contribution in [2.45, 2.75) is 52.6 Å². The van der Waals surface area contributed by atoms with E-state index in [0.29, 0.717) is 25.0 Å². The highest BCUT2D eigenvalue weighted by molar-refractivity contribution is 5.62. The van der Waals surface area contributed by atoms with Gasteiger partial charge in [-0.15, -0.1) is 0 Å². The van der Waals surface area contributed by atoms with Gasteiger partial charge in [-0.3, -0.25) is 0 Å². The van der Waals surface area contributed by atoms with Crippen LogP contribution in [0.4, 0.5) is 0 Å². The molecule has 0 aliphatic heterocycles. The molecular formula is C21H28N2O3. The molecule has 5 heteroatoms. The van der Waals surface area contributed by atoms with Gasteiger partial charge in [0.15, 0.2) is 0 Å². The highest BCUT2D eigenvalue weighted by atomic mass is 16.5. The van der Waals surface area contributed by atoms with Gasteiger partial charge in [-0.2, -0.15) is 0 Å². The third-order valence-corrected chi connectivity index (χ3v) is 5.34. The summed E-state index contributed by atoms with van der Waals surface area (Å²) in [4.78, 5) is 8.86. The Morgan fingerprint density at radius 1 is 0.923 bits per heavy atom. The van der Waals surface area contributed by atoms with Crippen LogP contribution < -0.4 is 9.47 Å². The number of nitrogens with zero attached hydrogens (tertiary/aromatic N) is 2. The van der Waals surface area contributed by atoms with Gasteiger partial charge in [-0.25, -0.2) is 9.97 Å². The summed E-state index contributed by atoms with van der Waals surface area (Å²) in [5.74, 6) is 0.834. The van der Waals surface area contributed by atoms with Crippen molar-refractivity contribution in [3.8, 4) is 11.8 Å². The highest BCUT2D eigenvalue weighted by Gasteiger charge is 2.52. The first-order valence-corrected chi connectivity index (χ1v) is 9.27. The number of hydrogen-bond donors (Lipinski definition) is 1. The number of aromatic nitrogens is 2. The van der Waals surface area contributed by atoms with E-state index in [-0.39, 0.29) is 11.3 Å². The van der Waals surface area contributed by atoms with Crippen LogP contribution >= 0.6 is 0 Å². The maximum absolute atomic E-state index is 12.1. The molecule has 0 radical (unpaired) electrons. The van der Waals surface area contributed by atoms with Gasteiger partial charge in [0.2, 0.25) is 11.8 Å². The summed E-state index contributed by atoms with van der Waals surface area (Å²) in [6, 6.07) is 3.96. The largest absolute Gasteiger partial charge is 0.478 e. The molecule has 26 heavy (non-hydrogen) atoms. The molecule has 0 fully saturated rings. The SMILES string of the molecule is CCOc1nccc2c1C(O)(C(C)C)c1c(ccnc1OCC)C2(C)C. The molecular weight excluding hydrogens is 328 g/mol. The average Bonchev–Trinajstić information content (AvgIpc) is 2.60. The Hall–Kier alpha value is -2.14. The standard InChI is InChI=1S/C21H28N2O3/c1-7-25-18-16-14(9-11-22-18)20(5,6)15-10-12-23-19(26-8-2)17(15)21(16,24)13(3)4/h9-13,24H,7-8H2,1-6H3. The van der Waals surface area contributed by atoms with Crippen molar-refractivity contribution in [2.24, 2.45) is 5.92 Å². The van der Waals surface area contributed by atoms with Crippen LogP contribution in [0.2, 0.25) is 0 Å². The van der Waals surface area contributed by atoms with Gasteiger partial charge >= 0.3 is 0 Å². The topological polar surface area (TPSA) is 64.5 Å². The third-order valence-electron chi connectivity index (χ3n) is 5.34. The fourth-order valence-electron chi connectivity index (χ4n) is 4.00. The number of pyridine rings is 2. The lowest BCUT2D eigenvalue weighted by Crippen LogP contribution is -2.44. The summed E-state index contributed by atoms with van der Waals surface area (Å²) in [6.45, 7) is 13.1. The van der Waals surface area contributed by atoms with Crippen LogP contribution in [0.3, 0.4) is 0 Å². The fraction of sp³-hybridized carbons (Fsp3) is 0.524. The second kappa shape index (κ2) is 6.54. The molecule has 0 bridgehead atoms. The minimum atomic E-state index is -1.29. The molecule has 5 nitrogen and oxygen atoms in total. The van der Waals surface area contributed by atoms with Crippen LogP contribution in [0, 0.1) is 5.92 Å². The monoisotopic (exact) mass is 356 g/mol. The molecule has 0 saturated heterocycles. The normalized spacial score (nSPS) is 16.8. The zero-order valence-electron chi connectivity index (χ0n) is 16.5. The smallest absolute Gasteiger partial charge is 0.220 e. The van der Waals surface area contributed by atoms with Crippen molar-refractivity contribution in [3.63, 3.8) is 0 Å². The molecule has 140 valence electrons. The molecule has 0 amide bonds. The van der Waals surface area contributed by atoms with Crippen molar-refractivity contribution >= 4 is 0 Å². The molecule has 0 spiro atoms. The maximum atomic E-state index is 12.1. The second-order valence-corrected chi connectivity index (χ2v) is 7.49. The predicted molar refractivity (Wildman–Crippen MR) is 101 cm³/mol. The Balaban J connectivity index is 2.44. The van der Waals surface area contributed by atoms with Crippen LogP contribution in [0.1, 0.15) is 63.8 Å². The van der Waals surface area contributed by atoms with Gasteiger partial charge in [-0.1, -0.05) is 27.7 Å². The molecule has 1 N–H and O–H groups in total. The minimum absolute atomic E-state index is 0.122. The summed E-state index contributed by atoms with van der Waals surface area (Å²) in [7, 11) is 0. The summed E-state index contributed by atoms with van der Waals surface area (Å²) >= 11 is 0. The van der Waals surface area contributed by atoms with Gasteiger partial charge < -0.3 is 14.6 Å². The lowest BCUT2D eigenvalue weighted by molar-refractivity contribution is 0.0182. The van der Waals surface area contributed by atoms with E-state index in [4.69, 9.17) is 9.47 Å². The predicted octanol–water partition coefficient (Wildman–Crippen LogP) is 3.81. The molecule has 0 atom stereocenters.